The summed E-state index contributed by atoms with van der Waals surface area (Å²) >= 11 is 0. The van der Waals surface area contributed by atoms with Crippen LogP contribution in [0, 0.1) is 17.7 Å². The molecule has 1 saturated heterocycles. The number of carbonyl (C=O) groups is 1. The van der Waals surface area contributed by atoms with Gasteiger partial charge >= 0.3 is 0 Å². The quantitative estimate of drug-likeness (QED) is 0.833. The second-order valence-corrected chi connectivity index (χ2v) is 7.12. The summed E-state index contributed by atoms with van der Waals surface area (Å²) < 4.78 is 30.9. The summed E-state index contributed by atoms with van der Waals surface area (Å²) in [6.45, 7) is 4.10. The van der Waals surface area contributed by atoms with Gasteiger partial charge in [-0.1, -0.05) is 20.3 Å². The van der Waals surface area contributed by atoms with Gasteiger partial charge in [-0.3, -0.25) is 4.79 Å². The fourth-order valence-electron chi connectivity index (χ4n) is 4.01. The smallest absolute Gasteiger partial charge is 0.189 e. The molecule has 0 radical (unpaired) electrons. The Balaban J connectivity index is 1.88. The van der Waals surface area contributed by atoms with Crippen molar-refractivity contribution in [2.75, 3.05) is 13.9 Å². The van der Waals surface area contributed by atoms with E-state index in [-0.39, 0.29) is 35.9 Å². The Labute approximate surface area is 152 Å². The zero-order valence-corrected chi connectivity index (χ0v) is 15.4. The fraction of sp³-hybridized carbons (Fsp3) is 0.550. The van der Waals surface area contributed by atoms with Gasteiger partial charge in [-0.25, -0.2) is 4.39 Å². The summed E-state index contributed by atoms with van der Waals surface area (Å²) in [7, 11) is 1.38. The molecule has 0 aromatic heterocycles. The lowest BCUT2D eigenvalue weighted by molar-refractivity contribution is -0.123. The minimum Gasteiger partial charge on any atom is -0.504 e. The second-order valence-electron chi connectivity index (χ2n) is 7.12. The molecule has 3 atom stereocenters. The van der Waals surface area contributed by atoms with Gasteiger partial charge in [0.1, 0.15) is 17.2 Å². The zero-order chi connectivity index (χ0) is 18.9. The molecule has 0 bridgehead atoms. The van der Waals surface area contributed by atoms with Crippen molar-refractivity contribution in [3.63, 3.8) is 0 Å². The average molecular weight is 364 g/mol. The minimum atomic E-state index is -0.726. The molecular weight excluding hydrogens is 339 g/mol. The molecule has 142 valence electrons. The van der Waals surface area contributed by atoms with Gasteiger partial charge in [-0.15, -0.1) is 0 Å². The number of fused-ring (bicyclic) bond motifs is 1. The van der Waals surface area contributed by atoms with E-state index in [1.165, 1.54) is 19.2 Å². The van der Waals surface area contributed by atoms with Gasteiger partial charge in [-0.2, -0.15) is 0 Å². The highest BCUT2D eigenvalue weighted by molar-refractivity contribution is 5.93. The number of rotatable bonds is 6. The monoisotopic (exact) mass is 364 g/mol. The molecule has 0 spiro atoms. The summed E-state index contributed by atoms with van der Waals surface area (Å²) in [5.41, 5.74) is -0.348. The van der Waals surface area contributed by atoms with Gasteiger partial charge in [0.05, 0.1) is 7.11 Å². The van der Waals surface area contributed by atoms with E-state index in [0.717, 1.165) is 12.8 Å². The third kappa shape index (κ3) is 3.18. The SMILES string of the molecule is CCCC1CC2(C(C)Cc3cc(O)c(OC)cc3F)OCOC2=CC1=O. The summed E-state index contributed by atoms with van der Waals surface area (Å²) in [5.74, 6) is -0.0682. The molecule has 5 nitrogen and oxygen atoms in total. The Kier molecular flexibility index (Phi) is 5.23. The van der Waals surface area contributed by atoms with E-state index in [2.05, 4.69) is 0 Å². The van der Waals surface area contributed by atoms with Gasteiger partial charge in [0, 0.05) is 18.1 Å². The van der Waals surface area contributed by atoms with E-state index in [1.54, 1.807) is 6.08 Å². The van der Waals surface area contributed by atoms with E-state index in [9.17, 15) is 14.3 Å². The lowest BCUT2D eigenvalue weighted by Crippen LogP contribution is -2.45. The zero-order valence-electron chi connectivity index (χ0n) is 15.4. The first kappa shape index (κ1) is 18.7. The van der Waals surface area contributed by atoms with E-state index in [1.807, 2.05) is 13.8 Å². The van der Waals surface area contributed by atoms with E-state index >= 15 is 0 Å². The molecule has 1 aromatic carbocycles. The first-order valence-corrected chi connectivity index (χ1v) is 8.99. The van der Waals surface area contributed by atoms with Crippen LogP contribution in [0.2, 0.25) is 0 Å². The van der Waals surface area contributed by atoms with E-state index in [0.29, 0.717) is 24.2 Å². The minimum absolute atomic E-state index is 0.0726. The molecule has 26 heavy (non-hydrogen) atoms. The van der Waals surface area contributed by atoms with Gasteiger partial charge in [-0.05, 0) is 36.8 Å². The molecule has 1 heterocycles. The first-order valence-electron chi connectivity index (χ1n) is 8.99. The Morgan fingerprint density at radius 3 is 2.92 bits per heavy atom. The molecule has 1 N–H and O–H groups in total. The predicted molar refractivity (Wildman–Crippen MR) is 93.4 cm³/mol. The number of hydrogen-bond donors (Lipinski definition) is 1. The predicted octanol–water partition coefficient (Wildman–Crippen LogP) is 3.73. The van der Waals surface area contributed by atoms with Crippen LogP contribution in [-0.4, -0.2) is 30.4 Å². The summed E-state index contributed by atoms with van der Waals surface area (Å²) in [6.07, 6.45) is 4.13. The first-order chi connectivity index (χ1) is 12.4. The van der Waals surface area contributed by atoms with Crippen molar-refractivity contribution in [1.29, 1.82) is 0 Å². The highest BCUT2D eigenvalue weighted by Crippen LogP contribution is 2.46. The van der Waals surface area contributed by atoms with Crippen molar-refractivity contribution in [3.05, 3.63) is 35.3 Å². The number of ether oxygens (including phenoxy) is 3. The Morgan fingerprint density at radius 1 is 1.46 bits per heavy atom. The second kappa shape index (κ2) is 7.27. The number of phenols is 1. The van der Waals surface area contributed by atoms with Crippen molar-refractivity contribution in [3.8, 4) is 11.5 Å². The highest BCUT2D eigenvalue weighted by Gasteiger charge is 2.51. The Morgan fingerprint density at radius 2 is 2.23 bits per heavy atom. The molecule has 3 rings (SSSR count). The number of ketones is 1. The molecule has 1 aliphatic carbocycles. The third-order valence-corrected chi connectivity index (χ3v) is 5.48. The van der Waals surface area contributed by atoms with Crippen LogP contribution in [0.3, 0.4) is 0 Å². The third-order valence-electron chi connectivity index (χ3n) is 5.48. The van der Waals surface area contributed by atoms with Crippen molar-refractivity contribution in [1.82, 2.24) is 0 Å². The molecule has 6 heteroatoms. The Bertz CT molecular complexity index is 729. The van der Waals surface area contributed by atoms with Gasteiger partial charge in [0.25, 0.3) is 0 Å². The van der Waals surface area contributed by atoms with Gasteiger partial charge < -0.3 is 19.3 Å². The number of hydrogen-bond acceptors (Lipinski definition) is 5. The van der Waals surface area contributed by atoms with E-state index < -0.39 is 11.4 Å². The normalized spacial score (nSPS) is 26.1. The number of allylic oxidation sites excluding steroid dienone is 1. The van der Waals surface area contributed by atoms with Crippen molar-refractivity contribution in [2.45, 2.75) is 45.1 Å². The van der Waals surface area contributed by atoms with Crippen molar-refractivity contribution >= 4 is 5.78 Å². The number of phenolic OH excluding ortho intramolecular Hbond substituents is 1. The number of aromatic hydroxyl groups is 1. The molecular formula is C20H25FO5. The van der Waals surface area contributed by atoms with Crippen molar-refractivity contribution in [2.24, 2.45) is 11.8 Å². The summed E-state index contributed by atoms with van der Waals surface area (Å²) in [4.78, 5) is 12.3. The standard InChI is InChI=1S/C20H25FO5/c1-4-5-13-10-20(19(9-16(13)22)25-11-26-20)12(2)6-14-7-17(23)18(24-3)8-15(14)21/h7-9,12-13,23H,4-6,10-11H2,1-3H3. The van der Waals surface area contributed by atoms with Crippen LogP contribution in [0.1, 0.15) is 38.7 Å². The lowest BCUT2D eigenvalue weighted by Gasteiger charge is -2.38. The molecule has 1 fully saturated rings. The molecule has 2 aliphatic rings. The maximum atomic E-state index is 14.4. The molecule has 1 aliphatic heterocycles. The maximum Gasteiger partial charge on any atom is 0.189 e. The van der Waals surface area contributed by atoms with Crippen LogP contribution >= 0.6 is 0 Å². The summed E-state index contributed by atoms with van der Waals surface area (Å²) in [6, 6.07) is 2.57. The van der Waals surface area contributed by atoms with Crippen LogP contribution in [0.4, 0.5) is 4.39 Å². The van der Waals surface area contributed by atoms with Crippen molar-refractivity contribution < 1.29 is 28.5 Å². The topological polar surface area (TPSA) is 65.0 Å². The molecule has 0 amide bonds. The molecule has 0 saturated carbocycles. The Hall–Kier alpha value is -2.08. The fourth-order valence-corrected chi connectivity index (χ4v) is 4.01. The lowest BCUT2D eigenvalue weighted by atomic mass is 9.71. The van der Waals surface area contributed by atoms with Crippen LogP contribution in [0.15, 0.2) is 24.0 Å². The van der Waals surface area contributed by atoms with Gasteiger partial charge in [0.2, 0.25) is 0 Å². The van der Waals surface area contributed by atoms with Crippen LogP contribution in [0.25, 0.3) is 0 Å². The number of benzene rings is 1. The van der Waals surface area contributed by atoms with Gasteiger partial charge in [0.15, 0.2) is 24.1 Å². The number of halogens is 1. The van der Waals surface area contributed by atoms with Crippen LogP contribution in [0.5, 0.6) is 11.5 Å². The largest absolute Gasteiger partial charge is 0.504 e. The number of carbonyl (C=O) groups excluding carboxylic acids is 1. The van der Waals surface area contributed by atoms with Crippen LogP contribution < -0.4 is 4.74 Å². The molecule has 1 aromatic rings. The molecule has 3 unspecified atom stereocenters. The summed E-state index contributed by atoms with van der Waals surface area (Å²) in [5, 5.41) is 9.97. The maximum absolute atomic E-state index is 14.4. The highest BCUT2D eigenvalue weighted by atomic mass is 19.1. The van der Waals surface area contributed by atoms with Crippen LogP contribution in [-0.2, 0) is 20.7 Å². The number of methoxy groups -OCH3 is 1. The average Bonchev–Trinajstić information content (AvgIpc) is 3.02. The van der Waals surface area contributed by atoms with E-state index in [4.69, 9.17) is 14.2 Å².